The van der Waals surface area contributed by atoms with Crippen molar-refractivity contribution in [3.05, 3.63) is 71.3 Å². The highest BCUT2D eigenvalue weighted by molar-refractivity contribution is 8.14. The summed E-state index contributed by atoms with van der Waals surface area (Å²) in [6.07, 6.45) is 0. The van der Waals surface area contributed by atoms with E-state index in [0.29, 0.717) is 5.25 Å². The van der Waals surface area contributed by atoms with Crippen molar-refractivity contribution in [1.29, 1.82) is 0 Å². The smallest absolute Gasteiger partial charge is 0.0984 e. The summed E-state index contributed by atoms with van der Waals surface area (Å²) in [6.45, 7) is 7.64. The normalized spacial score (nSPS) is 18.6. The van der Waals surface area contributed by atoms with Crippen molar-refractivity contribution in [2.75, 3.05) is 6.54 Å². The molecule has 0 spiro atoms. The Balaban J connectivity index is 1.73. The third-order valence-corrected chi connectivity index (χ3v) is 5.12. The van der Waals surface area contributed by atoms with Crippen LogP contribution in [0.5, 0.6) is 0 Å². The molecule has 0 bridgehead atoms. The predicted molar refractivity (Wildman–Crippen MR) is 93.3 cm³/mol. The first kappa shape index (κ1) is 14.4. The minimum absolute atomic E-state index is 0.215. The maximum absolute atomic E-state index is 4.71. The Morgan fingerprint density at radius 3 is 2.24 bits per heavy atom. The Morgan fingerprint density at radius 1 is 0.952 bits per heavy atom. The van der Waals surface area contributed by atoms with Gasteiger partial charge in [-0.25, -0.2) is 0 Å². The highest BCUT2D eigenvalue weighted by atomic mass is 32.2. The van der Waals surface area contributed by atoms with Crippen molar-refractivity contribution in [3.63, 3.8) is 0 Å². The Morgan fingerprint density at radius 2 is 1.62 bits per heavy atom. The second-order valence-electron chi connectivity index (χ2n) is 6.49. The lowest BCUT2D eigenvalue weighted by Gasteiger charge is -2.20. The molecule has 1 heterocycles. The molecule has 2 aromatic carbocycles. The molecule has 0 radical (unpaired) electrons. The topological polar surface area (TPSA) is 12.4 Å². The zero-order valence-electron chi connectivity index (χ0n) is 12.8. The second kappa shape index (κ2) is 5.69. The van der Waals surface area contributed by atoms with Gasteiger partial charge in [0.2, 0.25) is 0 Å². The minimum atomic E-state index is 0.215. The van der Waals surface area contributed by atoms with E-state index in [2.05, 4.69) is 69.3 Å². The van der Waals surface area contributed by atoms with Crippen LogP contribution in [-0.2, 0) is 5.41 Å². The van der Waals surface area contributed by atoms with Crippen molar-refractivity contribution in [2.45, 2.75) is 31.4 Å². The molecule has 0 saturated carbocycles. The van der Waals surface area contributed by atoms with E-state index in [0.717, 1.165) is 6.54 Å². The maximum atomic E-state index is 4.71. The molecule has 0 saturated heterocycles. The Kier molecular flexibility index (Phi) is 3.90. The first-order chi connectivity index (χ1) is 10.0. The van der Waals surface area contributed by atoms with Crippen molar-refractivity contribution in [1.82, 2.24) is 0 Å². The summed E-state index contributed by atoms with van der Waals surface area (Å²) >= 11 is 1.88. The molecule has 0 aromatic heterocycles. The van der Waals surface area contributed by atoms with E-state index in [9.17, 15) is 0 Å². The van der Waals surface area contributed by atoms with Gasteiger partial charge in [0.15, 0.2) is 0 Å². The summed E-state index contributed by atoms with van der Waals surface area (Å²) < 4.78 is 0. The van der Waals surface area contributed by atoms with Gasteiger partial charge >= 0.3 is 0 Å². The zero-order chi connectivity index (χ0) is 14.9. The summed E-state index contributed by atoms with van der Waals surface area (Å²) in [5.41, 5.74) is 4.21. The van der Waals surface area contributed by atoms with Gasteiger partial charge in [-0.05, 0) is 16.5 Å². The molecule has 2 heteroatoms. The fourth-order valence-corrected chi connectivity index (χ4v) is 3.62. The summed E-state index contributed by atoms with van der Waals surface area (Å²) in [6, 6.07) is 19.5. The molecule has 0 aliphatic carbocycles. The molecule has 108 valence electrons. The molecule has 1 aliphatic rings. The third-order valence-electron chi connectivity index (χ3n) is 3.82. The van der Waals surface area contributed by atoms with Crippen LogP contribution in [0.25, 0.3) is 0 Å². The first-order valence-corrected chi connectivity index (χ1v) is 8.29. The lowest BCUT2D eigenvalue weighted by atomic mass is 9.86. The maximum Gasteiger partial charge on any atom is 0.0984 e. The molecular weight excluding hydrogens is 274 g/mol. The number of hydrogen-bond acceptors (Lipinski definition) is 2. The highest BCUT2D eigenvalue weighted by Crippen LogP contribution is 2.38. The van der Waals surface area contributed by atoms with E-state index in [4.69, 9.17) is 4.99 Å². The molecule has 0 fully saturated rings. The van der Waals surface area contributed by atoms with E-state index >= 15 is 0 Å². The number of nitrogens with zero attached hydrogens (tertiary/aromatic N) is 1. The lowest BCUT2D eigenvalue weighted by Crippen LogP contribution is -2.10. The number of hydrogen-bond donors (Lipinski definition) is 0. The van der Waals surface area contributed by atoms with Gasteiger partial charge in [-0.2, -0.15) is 0 Å². The number of aliphatic imine (C=N–C) groups is 1. The molecular formula is C19H21NS. The molecule has 1 nitrogen and oxygen atoms in total. The quantitative estimate of drug-likeness (QED) is 0.740. The lowest BCUT2D eigenvalue weighted by molar-refractivity contribution is 0.590. The number of rotatable bonds is 2. The van der Waals surface area contributed by atoms with Crippen LogP contribution in [0.1, 0.15) is 42.7 Å². The monoisotopic (exact) mass is 295 g/mol. The van der Waals surface area contributed by atoms with E-state index < -0.39 is 0 Å². The number of thioether (sulfide) groups is 1. The van der Waals surface area contributed by atoms with Crippen LogP contribution in [0.3, 0.4) is 0 Å². The van der Waals surface area contributed by atoms with Crippen LogP contribution < -0.4 is 0 Å². The SMILES string of the molecule is CC(C)(C)c1ccc(C2CN=C(c3ccccc3)S2)cc1. The van der Waals surface area contributed by atoms with E-state index in [-0.39, 0.29) is 5.41 Å². The molecule has 1 atom stereocenters. The zero-order valence-corrected chi connectivity index (χ0v) is 13.7. The second-order valence-corrected chi connectivity index (χ2v) is 7.68. The van der Waals surface area contributed by atoms with Crippen molar-refractivity contribution in [2.24, 2.45) is 4.99 Å². The summed E-state index contributed by atoms with van der Waals surface area (Å²) in [4.78, 5) is 4.71. The van der Waals surface area contributed by atoms with E-state index in [1.807, 2.05) is 17.8 Å². The van der Waals surface area contributed by atoms with Crippen LogP contribution in [0.4, 0.5) is 0 Å². The molecule has 21 heavy (non-hydrogen) atoms. The standard InChI is InChI=1S/C19H21NS/c1-19(2,3)16-11-9-14(10-12-16)17-13-20-18(21-17)15-7-5-4-6-8-15/h4-12,17H,13H2,1-3H3. The van der Waals surface area contributed by atoms with Gasteiger partial charge in [-0.3, -0.25) is 4.99 Å². The van der Waals surface area contributed by atoms with Crippen molar-refractivity contribution in [3.8, 4) is 0 Å². The molecule has 3 rings (SSSR count). The molecule has 2 aromatic rings. The largest absolute Gasteiger partial charge is 0.276 e. The average Bonchev–Trinajstić information content (AvgIpc) is 2.97. The molecule has 0 N–H and O–H groups in total. The van der Waals surface area contributed by atoms with Crippen LogP contribution in [0, 0.1) is 0 Å². The van der Waals surface area contributed by atoms with Gasteiger partial charge in [-0.15, -0.1) is 0 Å². The predicted octanol–water partition coefficient (Wildman–Crippen LogP) is 5.22. The van der Waals surface area contributed by atoms with Gasteiger partial charge < -0.3 is 0 Å². The van der Waals surface area contributed by atoms with Gasteiger partial charge in [0.1, 0.15) is 0 Å². The van der Waals surface area contributed by atoms with Gasteiger partial charge in [0.05, 0.1) is 16.8 Å². The van der Waals surface area contributed by atoms with Gasteiger partial charge in [-0.1, -0.05) is 87.1 Å². The van der Waals surface area contributed by atoms with E-state index in [1.165, 1.54) is 21.7 Å². The molecule has 0 amide bonds. The fraction of sp³-hybridized carbons (Fsp3) is 0.316. The Bertz CT molecular complexity index is 636. The minimum Gasteiger partial charge on any atom is -0.276 e. The van der Waals surface area contributed by atoms with Gasteiger partial charge in [0.25, 0.3) is 0 Å². The Labute approximate surface area is 131 Å². The number of benzene rings is 2. The van der Waals surface area contributed by atoms with Crippen molar-refractivity contribution < 1.29 is 0 Å². The molecule has 1 aliphatic heterocycles. The van der Waals surface area contributed by atoms with Crippen LogP contribution >= 0.6 is 11.8 Å². The van der Waals surface area contributed by atoms with Crippen LogP contribution in [-0.4, -0.2) is 11.6 Å². The summed E-state index contributed by atoms with van der Waals surface area (Å²) in [5.74, 6) is 0. The van der Waals surface area contributed by atoms with Crippen LogP contribution in [0.2, 0.25) is 0 Å². The Hall–Kier alpha value is -1.54. The average molecular weight is 295 g/mol. The van der Waals surface area contributed by atoms with Crippen LogP contribution in [0.15, 0.2) is 59.6 Å². The van der Waals surface area contributed by atoms with Gasteiger partial charge in [0, 0.05) is 5.56 Å². The highest BCUT2D eigenvalue weighted by Gasteiger charge is 2.22. The van der Waals surface area contributed by atoms with Crippen molar-refractivity contribution >= 4 is 16.8 Å². The molecule has 1 unspecified atom stereocenters. The summed E-state index contributed by atoms with van der Waals surface area (Å²) in [7, 11) is 0. The first-order valence-electron chi connectivity index (χ1n) is 7.41. The third kappa shape index (κ3) is 3.21. The van der Waals surface area contributed by atoms with E-state index in [1.54, 1.807) is 0 Å². The fourth-order valence-electron chi connectivity index (χ4n) is 2.49. The summed E-state index contributed by atoms with van der Waals surface area (Å²) in [5, 5.41) is 1.62.